The van der Waals surface area contributed by atoms with Crippen LogP contribution in [0.5, 0.6) is 0 Å². The largest absolute Gasteiger partial charge is 0.481 e. The summed E-state index contributed by atoms with van der Waals surface area (Å²) in [4.78, 5) is 21.5. The van der Waals surface area contributed by atoms with Gasteiger partial charge in [-0.05, 0) is 13.8 Å². The summed E-state index contributed by atoms with van der Waals surface area (Å²) in [6.07, 6.45) is 0. The molecular formula is C9H17NO4. The molecule has 82 valence electrons. The van der Waals surface area contributed by atoms with Crippen molar-refractivity contribution in [2.24, 2.45) is 5.92 Å². The fourth-order valence-corrected chi connectivity index (χ4v) is 0.847. The topological polar surface area (TPSA) is 75.6 Å². The molecule has 0 bridgehead atoms. The Kier molecular flexibility index (Phi) is 5.87. The summed E-state index contributed by atoms with van der Waals surface area (Å²) < 4.78 is 4.68. The second kappa shape index (κ2) is 6.37. The van der Waals surface area contributed by atoms with Crippen LogP contribution in [-0.4, -0.2) is 36.2 Å². The molecule has 2 N–H and O–H groups in total. The van der Waals surface area contributed by atoms with E-state index in [1.807, 2.05) is 0 Å². The molecule has 2 unspecified atom stereocenters. The number of hydrogen-bond acceptors (Lipinski definition) is 4. The van der Waals surface area contributed by atoms with E-state index in [2.05, 4.69) is 10.1 Å². The van der Waals surface area contributed by atoms with Crippen LogP contribution in [0.1, 0.15) is 20.8 Å². The molecule has 0 saturated carbocycles. The van der Waals surface area contributed by atoms with Crippen molar-refractivity contribution in [3.63, 3.8) is 0 Å². The molecule has 0 amide bonds. The number of carbonyl (C=O) groups is 2. The van der Waals surface area contributed by atoms with Crippen LogP contribution in [-0.2, 0) is 14.3 Å². The lowest BCUT2D eigenvalue weighted by molar-refractivity contribution is -0.144. The van der Waals surface area contributed by atoms with E-state index in [1.165, 1.54) is 0 Å². The number of rotatable bonds is 6. The second-order valence-electron chi connectivity index (χ2n) is 3.10. The highest BCUT2D eigenvalue weighted by molar-refractivity contribution is 5.72. The summed E-state index contributed by atoms with van der Waals surface area (Å²) in [6, 6.07) is -0.253. The Balaban J connectivity index is 3.78. The minimum atomic E-state index is -0.881. The van der Waals surface area contributed by atoms with Crippen molar-refractivity contribution in [3.05, 3.63) is 0 Å². The normalized spacial score (nSPS) is 14.5. The maximum Gasteiger partial charge on any atom is 0.319 e. The molecule has 0 saturated heterocycles. The third-order valence-corrected chi connectivity index (χ3v) is 2.01. The van der Waals surface area contributed by atoms with Gasteiger partial charge >= 0.3 is 11.9 Å². The Morgan fingerprint density at radius 2 is 2.00 bits per heavy atom. The van der Waals surface area contributed by atoms with Crippen molar-refractivity contribution < 1.29 is 19.4 Å². The third-order valence-electron chi connectivity index (χ3n) is 2.01. The first-order valence-corrected chi connectivity index (χ1v) is 4.60. The van der Waals surface area contributed by atoms with Gasteiger partial charge in [-0.25, -0.2) is 0 Å². The van der Waals surface area contributed by atoms with Crippen LogP contribution in [0.2, 0.25) is 0 Å². The molecule has 0 spiro atoms. The zero-order valence-electron chi connectivity index (χ0n) is 8.74. The van der Waals surface area contributed by atoms with Crippen LogP contribution in [0.4, 0.5) is 0 Å². The Bertz CT molecular complexity index is 205. The summed E-state index contributed by atoms with van der Waals surface area (Å²) in [7, 11) is 0. The Morgan fingerprint density at radius 3 is 2.43 bits per heavy atom. The van der Waals surface area contributed by atoms with Gasteiger partial charge in [-0.3, -0.25) is 9.59 Å². The van der Waals surface area contributed by atoms with E-state index in [0.29, 0.717) is 6.61 Å². The summed E-state index contributed by atoms with van der Waals surface area (Å²) in [5.41, 5.74) is 0. The molecule has 0 aliphatic carbocycles. The van der Waals surface area contributed by atoms with E-state index in [-0.39, 0.29) is 18.6 Å². The first-order valence-electron chi connectivity index (χ1n) is 4.60. The van der Waals surface area contributed by atoms with Crippen LogP contribution in [0, 0.1) is 5.92 Å². The lowest BCUT2D eigenvalue weighted by atomic mass is 10.0. The highest BCUT2D eigenvalue weighted by atomic mass is 16.5. The number of aliphatic carboxylic acids is 1. The maximum atomic E-state index is 10.9. The molecule has 0 aromatic carbocycles. The van der Waals surface area contributed by atoms with E-state index >= 15 is 0 Å². The van der Waals surface area contributed by atoms with Crippen LogP contribution in [0.15, 0.2) is 0 Å². The number of carboxylic acid groups (broad SMARTS) is 1. The van der Waals surface area contributed by atoms with Crippen LogP contribution < -0.4 is 5.32 Å². The predicted molar refractivity (Wildman–Crippen MR) is 50.9 cm³/mol. The van der Waals surface area contributed by atoms with Gasteiger partial charge in [-0.15, -0.1) is 0 Å². The molecule has 14 heavy (non-hydrogen) atoms. The van der Waals surface area contributed by atoms with Gasteiger partial charge in [0, 0.05) is 6.04 Å². The van der Waals surface area contributed by atoms with Crippen molar-refractivity contribution in [2.45, 2.75) is 26.8 Å². The predicted octanol–water partition coefficient (Wildman–Crippen LogP) is 0.248. The van der Waals surface area contributed by atoms with E-state index in [1.54, 1.807) is 20.8 Å². The second-order valence-corrected chi connectivity index (χ2v) is 3.10. The van der Waals surface area contributed by atoms with Crippen LogP contribution in [0.3, 0.4) is 0 Å². The highest BCUT2D eigenvalue weighted by Gasteiger charge is 2.19. The van der Waals surface area contributed by atoms with E-state index in [9.17, 15) is 9.59 Å². The van der Waals surface area contributed by atoms with E-state index in [4.69, 9.17) is 5.11 Å². The molecule has 0 heterocycles. The third kappa shape index (κ3) is 4.81. The molecule has 0 rings (SSSR count). The summed E-state index contributed by atoms with van der Waals surface area (Å²) >= 11 is 0. The summed E-state index contributed by atoms with van der Waals surface area (Å²) in [6.45, 7) is 5.42. The molecule has 0 radical (unpaired) electrons. The van der Waals surface area contributed by atoms with E-state index in [0.717, 1.165) is 0 Å². The smallest absolute Gasteiger partial charge is 0.319 e. The number of carboxylic acids is 1. The SMILES string of the molecule is CCOC(=O)CNC(C)C(C)C(=O)O. The monoisotopic (exact) mass is 203 g/mol. The van der Waals surface area contributed by atoms with Gasteiger partial charge in [0.15, 0.2) is 0 Å². The number of ether oxygens (including phenoxy) is 1. The van der Waals surface area contributed by atoms with Crippen molar-refractivity contribution >= 4 is 11.9 Å². The molecule has 2 atom stereocenters. The van der Waals surface area contributed by atoms with Crippen molar-refractivity contribution in [2.75, 3.05) is 13.2 Å². The quantitative estimate of drug-likeness (QED) is 0.605. The van der Waals surface area contributed by atoms with Crippen molar-refractivity contribution in [1.82, 2.24) is 5.32 Å². The van der Waals surface area contributed by atoms with Gasteiger partial charge in [0.2, 0.25) is 0 Å². The minimum absolute atomic E-state index is 0.0482. The van der Waals surface area contributed by atoms with Crippen LogP contribution >= 0.6 is 0 Å². The van der Waals surface area contributed by atoms with Crippen molar-refractivity contribution in [1.29, 1.82) is 0 Å². The first-order chi connectivity index (χ1) is 6.49. The molecule has 0 fully saturated rings. The number of esters is 1. The molecule has 0 aliphatic rings. The van der Waals surface area contributed by atoms with Gasteiger partial charge in [0.1, 0.15) is 0 Å². The Hall–Kier alpha value is -1.10. The molecule has 0 aliphatic heterocycles. The highest BCUT2D eigenvalue weighted by Crippen LogP contribution is 2.01. The number of carbonyl (C=O) groups excluding carboxylic acids is 1. The molecule has 5 heteroatoms. The van der Waals surface area contributed by atoms with Crippen molar-refractivity contribution in [3.8, 4) is 0 Å². The number of nitrogens with one attached hydrogen (secondary N) is 1. The van der Waals surface area contributed by atoms with Gasteiger partial charge in [0.05, 0.1) is 19.1 Å². The average Bonchev–Trinajstić information content (AvgIpc) is 2.13. The standard InChI is InChI=1S/C9H17NO4/c1-4-14-8(11)5-10-7(3)6(2)9(12)13/h6-7,10H,4-5H2,1-3H3,(H,12,13). The van der Waals surface area contributed by atoms with Gasteiger partial charge < -0.3 is 15.2 Å². The summed E-state index contributed by atoms with van der Waals surface area (Å²) in [5, 5.41) is 11.5. The minimum Gasteiger partial charge on any atom is -0.481 e. The number of hydrogen-bond donors (Lipinski definition) is 2. The fourth-order valence-electron chi connectivity index (χ4n) is 0.847. The zero-order chi connectivity index (χ0) is 11.1. The van der Waals surface area contributed by atoms with Gasteiger partial charge in [-0.1, -0.05) is 6.92 Å². The lowest BCUT2D eigenvalue weighted by Gasteiger charge is -2.16. The van der Waals surface area contributed by atoms with Crippen LogP contribution in [0.25, 0.3) is 0 Å². The first kappa shape index (κ1) is 12.9. The molecule has 0 aromatic rings. The molecule has 0 aromatic heterocycles. The Labute approximate surface area is 83.4 Å². The molecular weight excluding hydrogens is 186 g/mol. The summed E-state index contributed by atoms with van der Waals surface area (Å²) in [5.74, 6) is -1.77. The lowest BCUT2D eigenvalue weighted by Crippen LogP contribution is -2.39. The maximum absolute atomic E-state index is 10.9. The van der Waals surface area contributed by atoms with Gasteiger partial charge in [0.25, 0.3) is 0 Å². The fraction of sp³-hybridized carbons (Fsp3) is 0.778. The molecule has 5 nitrogen and oxygen atoms in total. The average molecular weight is 203 g/mol. The zero-order valence-corrected chi connectivity index (χ0v) is 8.74. The Morgan fingerprint density at radius 1 is 1.43 bits per heavy atom. The van der Waals surface area contributed by atoms with Gasteiger partial charge in [-0.2, -0.15) is 0 Å². The van der Waals surface area contributed by atoms with E-state index < -0.39 is 11.9 Å².